The molecule has 0 radical (unpaired) electrons. The zero-order valence-corrected chi connectivity index (χ0v) is 19.5. The maximum absolute atomic E-state index is 12.8. The molecular formula is C22H20Cl2N2O5S. The molecule has 10 heteroatoms. The largest absolute Gasteiger partial charge is 0.497 e. The topological polar surface area (TPSA) is 93.7 Å². The second kappa shape index (κ2) is 10.1. The molecule has 2 N–H and O–H groups in total. The third kappa shape index (κ3) is 5.85. The molecule has 0 aliphatic rings. The van der Waals surface area contributed by atoms with Gasteiger partial charge < -0.3 is 14.8 Å². The molecule has 0 spiro atoms. The minimum atomic E-state index is -3.99. The van der Waals surface area contributed by atoms with E-state index in [1.807, 2.05) is 6.07 Å². The second-order valence-corrected chi connectivity index (χ2v) is 9.17. The van der Waals surface area contributed by atoms with Crippen LogP contribution in [0.25, 0.3) is 0 Å². The lowest BCUT2D eigenvalue weighted by atomic mass is 10.1. The van der Waals surface area contributed by atoms with Gasteiger partial charge in [-0.2, -0.15) is 0 Å². The molecule has 0 fully saturated rings. The number of carbonyl (C=O) groups excluding carboxylic acids is 1. The normalized spacial score (nSPS) is 11.0. The monoisotopic (exact) mass is 494 g/mol. The van der Waals surface area contributed by atoms with Crippen molar-refractivity contribution in [3.8, 4) is 11.5 Å². The Morgan fingerprint density at radius 3 is 2.41 bits per heavy atom. The number of hydrogen-bond acceptors (Lipinski definition) is 5. The number of hydrogen-bond donors (Lipinski definition) is 2. The van der Waals surface area contributed by atoms with E-state index in [9.17, 15) is 13.2 Å². The summed E-state index contributed by atoms with van der Waals surface area (Å²) < 4.78 is 38.5. The van der Waals surface area contributed by atoms with E-state index in [4.69, 9.17) is 32.7 Å². The number of amides is 1. The van der Waals surface area contributed by atoms with Gasteiger partial charge in [0, 0.05) is 5.69 Å². The van der Waals surface area contributed by atoms with Gasteiger partial charge in [0.15, 0.2) is 0 Å². The van der Waals surface area contributed by atoms with Crippen molar-refractivity contribution in [2.24, 2.45) is 0 Å². The number of sulfonamides is 1. The van der Waals surface area contributed by atoms with Gasteiger partial charge in [-0.3, -0.25) is 9.52 Å². The van der Waals surface area contributed by atoms with Crippen molar-refractivity contribution in [3.05, 3.63) is 76.3 Å². The van der Waals surface area contributed by atoms with Crippen molar-refractivity contribution < 1.29 is 22.7 Å². The minimum absolute atomic E-state index is 0.0681. The van der Waals surface area contributed by atoms with Crippen molar-refractivity contribution in [3.63, 3.8) is 0 Å². The summed E-state index contributed by atoms with van der Waals surface area (Å²) in [5.74, 6) is 0.653. The summed E-state index contributed by atoms with van der Waals surface area (Å²) in [5.41, 5.74) is 1.32. The van der Waals surface area contributed by atoms with Gasteiger partial charge in [0.25, 0.3) is 10.0 Å². The molecule has 0 aliphatic heterocycles. The highest BCUT2D eigenvalue weighted by atomic mass is 35.5. The Morgan fingerprint density at radius 2 is 1.72 bits per heavy atom. The number of carbonyl (C=O) groups is 1. The number of halogens is 2. The summed E-state index contributed by atoms with van der Waals surface area (Å²) in [7, 11) is -1.02. The number of nitrogens with one attached hydrogen (secondary N) is 2. The molecule has 7 nitrogen and oxygen atoms in total. The lowest BCUT2D eigenvalue weighted by Crippen LogP contribution is -2.16. The van der Waals surface area contributed by atoms with E-state index in [1.54, 1.807) is 37.4 Å². The Hall–Kier alpha value is -2.94. The Kier molecular flexibility index (Phi) is 7.50. The van der Waals surface area contributed by atoms with E-state index in [2.05, 4.69) is 10.0 Å². The molecule has 0 saturated carbocycles. The molecule has 0 unspecified atom stereocenters. The summed E-state index contributed by atoms with van der Waals surface area (Å²) in [6, 6.07) is 15.8. The number of anilines is 2. The lowest BCUT2D eigenvalue weighted by Gasteiger charge is -2.14. The van der Waals surface area contributed by atoms with Gasteiger partial charge >= 0.3 is 0 Å². The van der Waals surface area contributed by atoms with Crippen LogP contribution in [0.3, 0.4) is 0 Å². The summed E-state index contributed by atoms with van der Waals surface area (Å²) in [4.78, 5) is 12.4. The van der Waals surface area contributed by atoms with E-state index >= 15 is 0 Å². The van der Waals surface area contributed by atoms with Crippen LogP contribution in [0, 0.1) is 0 Å². The first-order valence-electron chi connectivity index (χ1n) is 9.30. The van der Waals surface area contributed by atoms with Crippen molar-refractivity contribution in [1.29, 1.82) is 0 Å². The van der Waals surface area contributed by atoms with Gasteiger partial charge in [0.2, 0.25) is 5.91 Å². The first kappa shape index (κ1) is 23.7. The van der Waals surface area contributed by atoms with E-state index in [1.165, 1.54) is 31.4 Å². The molecule has 0 saturated heterocycles. The van der Waals surface area contributed by atoms with Gasteiger partial charge in [-0.1, -0.05) is 35.3 Å². The van der Waals surface area contributed by atoms with E-state index in [-0.39, 0.29) is 38.7 Å². The zero-order valence-electron chi connectivity index (χ0n) is 17.2. The molecule has 3 rings (SSSR count). The molecule has 168 valence electrons. The van der Waals surface area contributed by atoms with Crippen LogP contribution in [0.15, 0.2) is 65.6 Å². The fraction of sp³-hybridized carbons (Fsp3) is 0.136. The Balaban J connectivity index is 1.80. The predicted octanol–water partition coefficient (Wildman–Crippen LogP) is 4.99. The van der Waals surface area contributed by atoms with E-state index in [0.717, 1.165) is 5.56 Å². The Morgan fingerprint density at radius 1 is 0.938 bits per heavy atom. The van der Waals surface area contributed by atoms with Crippen LogP contribution in [0.4, 0.5) is 11.4 Å². The van der Waals surface area contributed by atoms with E-state index < -0.39 is 10.0 Å². The smallest absolute Gasteiger partial charge is 0.262 e. The van der Waals surface area contributed by atoms with Crippen molar-refractivity contribution in [2.45, 2.75) is 11.3 Å². The summed E-state index contributed by atoms with van der Waals surface area (Å²) in [6.45, 7) is 0. The first-order valence-corrected chi connectivity index (χ1v) is 11.5. The first-order chi connectivity index (χ1) is 15.2. The van der Waals surface area contributed by atoms with Crippen LogP contribution >= 0.6 is 23.2 Å². The van der Waals surface area contributed by atoms with Gasteiger partial charge in [-0.05, 0) is 54.1 Å². The molecule has 3 aromatic rings. The Bertz CT molecular complexity index is 1250. The molecule has 1 amide bonds. The van der Waals surface area contributed by atoms with Crippen LogP contribution < -0.4 is 19.5 Å². The van der Waals surface area contributed by atoms with Crippen LogP contribution in [-0.4, -0.2) is 28.5 Å². The average Bonchev–Trinajstić information content (AvgIpc) is 2.75. The molecule has 0 bridgehead atoms. The third-order valence-electron chi connectivity index (χ3n) is 4.43. The molecule has 0 atom stereocenters. The fourth-order valence-electron chi connectivity index (χ4n) is 2.89. The van der Waals surface area contributed by atoms with Gasteiger partial charge in [0.1, 0.15) is 11.5 Å². The SMILES string of the molecule is COc1cccc(CC(=O)Nc2ccc(OC)c(NS(=O)(=O)c3ccc(Cl)c(Cl)c3)c2)c1. The highest BCUT2D eigenvalue weighted by Gasteiger charge is 2.18. The lowest BCUT2D eigenvalue weighted by molar-refractivity contribution is -0.115. The van der Waals surface area contributed by atoms with Crippen molar-refractivity contribution >= 4 is 50.5 Å². The van der Waals surface area contributed by atoms with Crippen LogP contribution in [0.2, 0.25) is 10.0 Å². The number of rotatable bonds is 8. The van der Waals surface area contributed by atoms with Crippen LogP contribution in [0.5, 0.6) is 11.5 Å². The molecule has 0 aliphatic carbocycles. The van der Waals surface area contributed by atoms with Gasteiger partial charge in [-0.25, -0.2) is 8.42 Å². The average molecular weight is 495 g/mol. The summed E-state index contributed by atoms with van der Waals surface area (Å²) >= 11 is 11.8. The second-order valence-electron chi connectivity index (χ2n) is 6.67. The third-order valence-corrected chi connectivity index (χ3v) is 6.53. The van der Waals surface area contributed by atoms with E-state index in [0.29, 0.717) is 11.4 Å². The van der Waals surface area contributed by atoms with Crippen LogP contribution in [-0.2, 0) is 21.2 Å². The quantitative estimate of drug-likeness (QED) is 0.459. The highest BCUT2D eigenvalue weighted by Crippen LogP contribution is 2.31. The fourth-order valence-corrected chi connectivity index (χ4v) is 4.34. The maximum atomic E-state index is 12.8. The minimum Gasteiger partial charge on any atom is -0.497 e. The Labute approximate surface area is 196 Å². The van der Waals surface area contributed by atoms with Gasteiger partial charge in [-0.15, -0.1) is 0 Å². The molecule has 32 heavy (non-hydrogen) atoms. The molecule has 3 aromatic carbocycles. The summed E-state index contributed by atoms with van der Waals surface area (Å²) in [6.07, 6.45) is 0.119. The maximum Gasteiger partial charge on any atom is 0.262 e. The molecule has 0 heterocycles. The highest BCUT2D eigenvalue weighted by molar-refractivity contribution is 7.92. The summed E-state index contributed by atoms with van der Waals surface area (Å²) in [5, 5.41) is 3.10. The van der Waals surface area contributed by atoms with Crippen molar-refractivity contribution in [1.82, 2.24) is 0 Å². The van der Waals surface area contributed by atoms with Crippen LogP contribution in [0.1, 0.15) is 5.56 Å². The number of ether oxygens (including phenoxy) is 2. The zero-order chi connectivity index (χ0) is 23.3. The van der Waals surface area contributed by atoms with Gasteiger partial charge in [0.05, 0.1) is 41.3 Å². The number of benzene rings is 3. The molecular weight excluding hydrogens is 475 g/mol. The standard InChI is InChI=1S/C22H20Cl2N2O5S/c1-30-16-5-3-4-14(10-16)11-22(27)25-15-6-9-21(31-2)20(12-15)26-32(28,29)17-7-8-18(23)19(24)13-17/h3-10,12-13,26H,11H2,1-2H3,(H,25,27). The molecule has 0 aromatic heterocycles. The number of methoxy groups -OCH3 is 2. The predicted molar refractivity (Wildman–Crippen MR) is 126 cm³/mol. The van der Waals surface area contributed by atoms with Crippen molar-refractivity contribution in [2.75, 3.05) is 24.3 Å².